The summed E-state index contributed by atoms with van der Waals surface area (Å²) in [5, 5.41) is 10.5. The highest BCUT2D eigenvalue weighted by Crippen LogP contribution is 2.34. The van der Waals surface area contributed by atoms with Crippen molar-refractivity contribution in [2.75, 3.05) is 6.61 Å². The molecule has 0 saturated heterocycles. The zero-order valence-corrected chi connectivity index (χ0v) is 14.3. The Morgan fingerprint density at radius 3 is 2.60 bits per heavy atom. The van der Waals surface area contributed by atoms with Gasteiger partial charge in [0.1, 0.15) is 11.9 Å². The zero-order chi connectivity index (χ0) is 14.7. The van der Waals surface area contributed by atoms with E-state index in [-0.39, 0.29) is 0 Å². The summed E-state index contributed by atoms with van der Waals surface area (Å²) in [7, 11) is 0. The van der Waals surface area contributed by atoms with Crippen molar-refractivity contribution in [2.45, 2.75) is 33.3 Å². The lowest BCUT2D eigenvalue weighted by molar-refractivity contribution is 0.224. The highest BCUT2D eigenvalue weighted by atomic mass is 79.9. The molecule has 0 spiro atoms. The van der Waals surface area contributed by atoms with Gasteiger partial charge in [0.15, 0.2) is 0 Å². The van der Waals surface area contributed by atoms with E-state index < -0.39 is 6.10 Å². The third-order valence-electron chi connectivity index (χ3n) is 3.19. The van der Waals surface area contributed by atoms with Gasteiger partial charge in [-0.1, -0.05) is 13.0 Å². The second-order valence-electron chi connectivity index (χ2n) is 4.83. The Balaban J connectivity index is 2.22. The van der Waals surface area contributed by atoms with Crippen molar-refractivity contribution in [3.63, 3.8) is 0 Å². The minimum absolute atomic E-state index is 0.580. The van der Waals surface area contributed by atoms with Gasteiger partial charge in [0.25, 0.3) is 0 Å². The molecule has 1 aromatic heterocycles. The molecule has 1 N–H and O–H groups in total. The maximum absolute atomic E-state index is 10.5. The van der Waals surface area contributed by atoms with E-state index in [1.807, 2.05) is 18.2 Å². The van der Waals surface area contributed by atoms with Crippen molar-refractivity contribution >= 4 is 27.3 Å². The predicted molar refractivity (Wildman–Crippen MR) is 87.8 cm³/mol. The van der Waals surface area contributed by atoms with Crippen LogP contribution in [0.2, 0.25) is 0 Å². The molecule has 2 nitrogen and oxygen atoms in total. The first-order valence-electron chi connectivity index (χ1n) is 6.70. The number of benzene rings is 1. The molecule has 2 rings (SSSR count). The molecule has 0 aliphatic carbocycles. The van der Waals surface area contributed by atoms with E-state index in [2.05, 4.69) is 42.8 Å². The van der Waals surface area contributed by atoms with Gasteiger partial charge in [0.2, 0.25) is 0 Å². The second-order valence-corrected chi connectivity index (χ2v) is 6.97. The maximum Gasteiger partial charge on any atom is 0.133 e. The van der Waals surface area contributed by atoms with Gasteiger partial charge < -0.3 is 9.84 Å². The minimum Gasteiger partial charge on any atom is -0.492 e. The van der Waals surface area contributed by atoms with Gasteiger partial charge in [-0.25, -0.2) is 0 Å². The second kappa shape index (κ2) is 6.74. The van der Waals surface area contributed by atoms with Crippen LogP contribution in [0.4, 0.5) is 0 Å². The summed E-state index contributed by atoms with van der Waals surface area (Å²) >= 11 is 5.15. The number of hydrogen-bond acceptors (Lipinski definition) is 3. The van der Waals surface area contributed by atoms with Crippen molar-refractivity contribution in [1.82, 2.24) is 0 Å². The molecule has 20 heavy (non-hydrogen) atoms. The van der Waals surface area contributed by atoms with Crippen LogP contribution in [0.5, 0.6) is 5.75 Å². The Labute approximate surface area is 132 Å². The first-order valence-corrected chi connectivity index (χ1v) is 8.31. The summed E-state index contributed by atoms with van der Waals surface area (Å²) in [4.78, 5) is 2.23. The molecular formula is C16H19BrO2S. The third kappa shape index (κ3) is 3.43. The molecule has 4 heteroatoms. The molecule has 0 aliphatic heterocycles. The molecule has 1 atom stereocenters. The van der Waals surface area contributed by atoms with Crippen molar-refractivity contribution < 1.29 is 9.84 Å². The minimum atomic E-state index is -0.580. The molecule has 2 aromatic rings. The van der Waals surface area contributed by atoms with Crippen LogP contribution in [-0.4, -0.2) is 11.7 Å². The maximum atomic E-state index is 10.5. The van der Waals surface area contributed by atoms with Crippen LogP contribution >= 0.6 is 27.3 Å². The molecular weight excluding hydrogens is 336 g/mol. The normalized spacial score (nSPS) is 12.4. The number of aliphatic hydroxyl groups is 1. The van der Waals surface area contributed by atoms with Gasteiger partial charge in [-0.3, -0.25) is 0 Å². The summed E-state index contributed by atoms with van der Waals surface area (Å²) in [6.45, 7) is 6.92. The zero-order valence-electron chi connectivity index (χ0n) is 11.9. The van der Waals surface area contributed by atoms with Gasteiger partial charge in [-0.05, 0) is 65.5 Å². The van der Waals surface area contributed by atoms with Crippen molar-refractivity contribution in [2.24, 2.45) is 0 Å². The van der Waals surface area contributed by atoms with Gasteiger partial charge in [0.05, 0.1) is 11.1 Å². The summed E-state index contributed by atoms with van der Waals surface area (Å²) in [5.41, 5.74) is 2.10. The molecule has 0 amide bonds. The summed E-state index contributed by atoms with van der Waals surface area (Å²) < 4.78 is 6.51. The molecule has 1 heterocycles. The first-order chi connectivity index (χ1) is 9.52. The van der Waals surface area contributed by atoms with E-state index >= 15 is 0 Å². The van der Waals surface area contributed by atoms with Crippen LogP contribution in [0.1, 0.15) is 40.3 Å². The number of aryl methyl sites for hydroxylation is 2. The highest BCUT2D eigenvalue weighted by molar-refractivity contribution is 9.10. The lowest BCUT2D eigenvalue weighted by Crippen LogP contribution is -1.99. The van der Waals surface area contributed by atoms with E-state index in [0.717, 1.165) is 27.1 Å². The molecule has 0 fully saturated rings. The van der Waals surface area contributed by atoms with Crippen molar-refractivity contribution in [3.05, 3.63) is 49.6 Å². The number of halogens is 1. The van der Waals surface area contributed by atoms with Gasteiger partial charge in [0, 0.05) is 9.75 Å². The summed E-state index contributed by atoms with van der Waals surface area (Å²) in [6.07, 6.45) is 0.397. The number of ether oxygens (including phenoxy) is 1. The molecule has 1 unspecified atom stereocenters. The first kappa shape index (κ1) is 15.5. The van der Waals surface area contributed by atoms with E-state index in [1.54, 1.807) is 11.3 Å². The molecule has 108 valence electrons. The predicted octanol–water partition coefficient (Wildman–Crippen LogP) is 5.00. The standard InChI is InChI=1S/C16H19BrO2S/c1-4-7-19-14-6-5-12(9-13(14)17)16(18)15-8-10(2)11(3)20-15/h5-6,8-9,16,18H,4,7H2,1-3H3. The van der Waals surface area contributed by atoms with Crippen LogP contribution < -0.4 is 4.74 Å². The Kier molecular flexibility index (Phi) is 5.24. The van der Waals surface area contributed by atoms with E-state index in [4.69, 9.17) is 4.74 Å². The molecule has 0 saturated carbocycles. The lowest BCUT2D eigenvalue weighted by Gasteiger charge is -2.12. The molecule has 0 radical (unpaired) electrons. The van der Waals surface area contributed by atoms with E-state index in [1.165, 1.54) is 10.4 Å². The Morgan fingerprint density at radius 1 is 1.30 bits per heavy atom. The number of hydrogen-bond donors (Lipinski definition) is 1. The molecule has 0 bridgehead atoms. The number of aliphatic hydroxyl groups excluding tert-OH is 1. The summed E-state index contributed by atoms with van der Waals surface area (Å²) in [5.74, 6) is 0.821. The van der Waals surface area contributed by atoms with Crippen LogP contribution in [-0.2, 0) is 0 Å². The Morgan fingerprint density at radius 2 is 2.05 bits per heavy atom. The van der Waals surface area contributed by atoms with Gasteiger partial charge in [-0.2, -0.15) is 0 Å². The molecule has 0 aliphatic rings. The van der Waals surface area contributed by atoms with Gasteiger partial charge >= 0.3 is 0 Å². The SMILES string of the molecule is CCCOc1ccc(C(O)c2cc(C)c(C)s2)cc1Br. The molecule has 1 aromatic carbocycles. The monoisotopic (exact) mass is 354 g/mol. The van der Waals surface area contributed by atoms with E-state index in [9.17, 15) is 5.11 Å². The average molecular weight is 355 g/mol. The fraction of sp³-hybridized carbons (Fsp3) is 0.375. The van der Waals surface area contributed by atoms with Crippen molar-refractivity contribution in [1.29, 1.82) is 0 Å². The number of thiophene rings is 1. The van der Waals surface area contributed by atoms with Crippen LogP contribution in [0.15, 0.2) is 28.7 Å². The van der Waals surface area contributed by atoms with E-state index in [0.29, 0.717) is 6.61 Å². The van der Waals surface area contributed by atoms with Gasteiger partial charge in [-0.15, -0.1) is 11.3 Å². The fourth-order valence-electron chi connectivity index (χ4n) is 1.92. The summed E-state index contributed by atoms with van der Waals surface area (Å²) in [6, 6.07) is 7.82. The van der Waals surface area contributed by atoms with Crippen molar-refractivity contribution in [3.8, 4) is 5.75 Å². The third-order valence-corrected chi connectivity index (χ3v) is 5.01. The quantitative estimate of drug-likeness (QED) is 0.818. The van der Waals surface area contributed by atoms with Crippen LogP contribution in [0.25, 0.3) is 0 Å². The topological polar surface area (TPSA) is 29.5 Å². The van der Waals surface area contributed by atoms with Crippen LogP contribution in [0, 0.1) is 13.8 Å². The highest BCUT2D eigenvalue weighted by Gasteiger charge is 2.15. The largest absolute Gasteiger partial charge is 0.492 e. The van der Waals surface area contributed by atoms with Crippen LogP contribution in [0.3, 0.4) is 0 Å². The lowest BCUT2D eigenvalue weighted by atomic mass is 10.1. The number of rotatable bonds is 5. The smallest absolute Gasteiger partial charge is 0.133 e. The average Bonchev–Trinajstić information content (AvgIpc) is 2.76. The Hall–Kier alpha value is -0.840. The Bertz CT molecular complexity index is 573. The fourth-order valence-corrected chi connectivity index (χ4v) is 3.48.